The van der Waals surface area contributed by atoms with Gasteiger partial charge in [-0.3, -0.25) is 0 Å². The van der Waals surface area contributed by atoms with Gasteiger partial charge in [-0.25, -0.2) is 0 Å². The molecule has 4 nitrogen and oxygen atoms in total. The van der Waals surface area contributed by atoms with Crippen molar-refractivity contribution < 1.29 is 19.0 Å². The van der Waals surface area contributed by atoms with Crippen LogP contribution in [-0.4, -0.2) is 24.4 Å². The summed E-state index contributed by atoms with van der Waals surface area (Å²) in [6.07, 6.45) is 0.895. The highest BCUT2D eigenvalue weighted by Crippen LogP contribution is 2.26. The van der Waals surface area contributed by atoms with Gasteiger partial charge in [-0.2, -0.15) is 0 Å². The zero-order valence-corrected chi connectivity index (χ0v) is 6.47. The second-order valence-corrected chi connectivity index (χ2v) is 2.62. The Kier molecular flexibility index (Phi) is 2.12. The van der Waals surface area contributed by atoms with E-state index in [1.54, 1.807) is 18.4 Å². The van der Waals surface area contributed by atoms with Crippen molar-refractivity contribution in [2.75, 3.05) is 13.2 Å². The standard InChI is InChI=1S/C8H10O4/c9-4-6-5-11-8(12-6)7-2-1-3-10-7/h1-3,6,8-9H,4-5H2/t6-,8-/m0/s1. The third-order valence-corrected chi connectivity index (χ3v) is 1.73. The van der Waals surface area contributed by atoms with E-state index in [2.05, 4.69) is 0 Å². The van der Waals surface area contributed by atoms with Gasteiger partial charge in [0.25, 0.3) is 0 Å². The fourth-order valence-corrected chi connectivity index (χ4v) is 1.12. The molecule has 0 aliphatic carbocycles. The summed E-state index contributed by atoms with van der Waals surface area (Å²) in [5, 5.41) is 8.75. The molecule has 1 aliphatic heterocycles. The van der Waals surface area contributed by atoms with Crippen molar-refractivity contribution in [2.24, 2.45) is 0 Å². The fraction of sp³-hybridized carbons (Fsp3) is 0.500. The van der Waals surface area contributed by atoms with Crippen molar-refractivity contribution >= 4 is 0 Å². The summed E-state index contributed by atoms with van der Waals surface area (Å²) in [7, 11) is 0. The number of rotatable bonds is 2. The molecule has 1 fully saturated rings. The Bertz CT molecular complexity index is 231. The molecule has 0 bridgehead atoms. The van der Waals surface area contributed by atoms with Crippen LogP contribution < -0.4 is 0 Å². The maximum absolute atomic E-state index is 8.75. The molecule has 4 heteroatoms. The molecule has 1 N–H and O–H groups in total. The zero-order valence-electron chi connectivity index (χ0n) is 6.47. The van der Waals surface area contributed by atoms with Gasteiger partial charge in [0.2, 0.25) is 6.29 Å². The third-order valence-electron chi connectivity index (χ3n) is 1.73. The van der Waals surface area contributed by atoms with Gasteiger partial charge < -0.3 is 19.0 Å². The topological polar surface area (TPSA) is 51.8 Å². The summed E-state index contributed by atoms with van der Waals surface area (Å²) in [4.78, 5) is 0. The first-order valence-electron chi connectivity index (χ1n) is 3.81. The monoisotopic (exact) mass is 170 g/mol. The molecular formula is C8H10O4. The maximum atomic E-state index is 8.75. The molecule has 12 heavy (non-hydrogen) atoms. The van der Waals surface area contributed by atoms with Crippen LogP contribution in [0.15, 0.2) is 22.8 Å². The van der Waals surface area contributed by atoms with Crippen LogP contribution >= 0.6 is 0 Å². The third kappa shape index (κ3) is 1.36. The SMILES string of the molecule is OC[C@H]1CO[C@H](c2ccco2)O1. The number of aliphatic hydroxyl groups is 1. The van der Waals surface area contributed by atoms with Crippen LogP contribution in [0, 0.1) is 0 Å². The van der Waals surface area contributed by atoms with Crippen LogP contribution in [0.3, 0.4) is 0 Å². The van der Waals surface area contributed by atoms with E-state index in [0.29, 0.717) is 12.4 Å². The molecule has 1 aromatic heterocycles. The van der Waals surface area contributed by atoms with E-state index < -0.39 is 6.29 Å². The van der Waals surface area contributed by atoms with Crippen LogP contribution in [0.4, 0.5) is 0 Å². The van der Waals surface area contributed by atoms with Gasteiger partial charge >= 0.3 is 0 Å². The van der Waals surface area contributed by atoms with Gasteiger partial charge in [0.05, 0.1) is 19.5 Å². The van der Waals surface area contributed by atoms with Gasteiger partial charge in [0.1, 0.15) is 6.10 Å². The number of aliphatic hydroxyl groups excluding tert-OH is 1. The minimum Gasteiger partial charge on any atom is -0.464 e. The Labute approximate surface area is 69.7 Å². The van der Waals surface area contributed by atoms with Gasteiger partial charge in [-0.15, -0.1) is 0 Å². The number of hydrogen-bond donors (Lipinski definition) is 1. The molecule has 0 unspecified atom stereocenters. The summed E-state index contributed by atoms with van der Waals surface area (Å²) in [5.74, 6) is 0.644. The normalized spacial score (nSPS) is 29.4. The molecule has 2 heterocycles. The summed E-state index contributed by atoms with van der Waals surface area (Å²) in [5.41, 5.74) is 0. The van der Waals surface area contributed by atoms with Crippen molar-refractivity contribution in [2.45, 2.75) is 12.4 Å². The Morgan fingerprint density at radius 3 is 3.08 bits per heavy atom. The van der Waals surface area contributed by atoms with E-state index in [1.807, 2.05) is 0 Å². The van der Waals surface area contributed by atoms with Crippen LogP contribution in [0.25, 0.3) is 0 Å². The summed E-state index contributed by atoms with van der Waals surface area (Å²) in [6.45, 7) is 0.402. The zero-order chi connectivity index (χ0) is 8.39. The van der Waals surface area contributed by atoms with Crippen molar-refractivity contribution in [1.29, 1.82) is 0 Å². The lowest BCUT2D eigenvalue weighted by molar-refractivity contribution is -0.0803. The number of ether oxygens (including phenoxy) is 2. The highest BCUT2D eigenvalue weighted by Gasteiger charge is 2.28. The summed E-state index contributed by atoms with van der Waals surface area (Å²) >= 11 is 0. The lowest BCUT2D eigenvalue weighted by Gasteiger charge is -2.05. The first-order valence-corrected chi connectivity index (χ1v) is 3.81. The first kappa shape index (κ1) is 7.79. The van der Waals surface area contributed by atoms with Crippen molar-refractivity contribution in [3.8, 4) is 0 Å². The second kappa shape index (κ2) is 3.26. The molecule has 0 radical (unpaired) electrons. The lowest BCUT2D eigenvalue weighted by Crippen LogP contribution is -2.14. The van der Waals surface area contributed by atoms with Gasteiger partial charge in [-0.05, 0) is 12.1 Å². The minimum absolute atomic E-state index is 0.0167. The molecule has 2 rings (SSSR count). The van der Waals surface area contributed by atoms with Crippen LogP contribution in [0.1, 0.15) is 12.1 Å². The van der Waals surface area contributed by atoms with E-state index in [4.69, 9.17) is 19.0 Å². The predicted octanol–water partition coefficient (Wildman–Crippen LogP) is 0.686. The largest absolute Gasteiger partial charge is 0.464 e. The molecule has 1 aromatic rings. The van der Waals surface area contributed by atoms with Crippen molar-refractivity contribution in [3.63, 3.8) is 0 Å². The highest BCUT2D eigenvalue weighted by molar-refractivity contribution is 5.00. The van der Waals surface area contributed by atoms with Crippen molar-refractivity contribution in [1.82, 2.24) is 0 Å². The fourth-order valence-electron chi connectivity index (χ4n) is 1.12. The van der Waals surface area contributed by atoms with E-state index in [-0.39, 0.29) is 12.7 Å². The highest BCUT2D eigenvalue weighted by atomic mass is 16.7. The molecule has 1 aliphatic rings. The Balaban J connectivity index is 2.00. The average Bonchev–Trinajstić information content (AvgIpc) is 2.75. The van der Waals surface area contributed by atoms with E-state index in [9.17, 15) is 0 Å². The lowest BCUT2D eigenvalue weighted by atomic mass is 10.4. The van der Waals surface area contributed by atoms with Crippen LogP contribution in [-0.2, 0) is 9.47 Å². The molecule has 0 spiro atoms. The predicted molar refractivity (Wildman–Crippen MR) is 39.4 cm³/mol. The van der Waals surface area contributed by atoms with Crippen LogP contribution in [0.5, 0.6) is 0 Å². The number of furan rings is 1. The molecule has 2 atom stereocenters. The van der Waals surface area contributed by atoms with Crippen LogP contribution in [0.2, 0.25) is 0 Å². The first-order chi connectivity index (χ1) is 5.90. The van der Waals surface area contributed by atoms with Crippen molar-refractivity contribution in [3.05, 3.63) is 24.2 Å². The van der Waals surface area contributed by atoms with E-state index in [1.165, 1.54) is 0 Å². The molecule has 1 saturated heterocycles. The molecule has 66 valence electrons. The summed E-state index contributed by atoms with van der Waals surface area (Å²) in [6, 6.07) is 3.55. The molecular weight excluding hydrogens is 160 g/mol. The molecule has 0 amide bonds. The maximum Gasteiger partial charge on any atom is 0.217 e. The smallest absolute Gasteiger partial charge is 0.217 e. The average molecular weight is 170 g/mol. The Morgan fingerprint density at radius 2 is 2.50 bits per heavy atom. The Hall–Kier alpha value is -0.840. The molecule has 0 saturated carbocycles. The van der Waals surface area contributed by atoms with Gasteiger partial charge in [0.15, 0.2) is 5.76 Å². The van der Waals surface area contributed by atoms with Gasteiger partial charge in [-0.1, -0.05) is 0 Å². The second-order valence-electron chi connectivity index (χ2n) is 2.62. The summed E-state index contributed by atoms with van der Waals surface area (Å²) < 4.78 is 15.6. The molecule has 0 aromatic carbocycles. The Morgan fingerprint density at radius 1 is 1.58 bits per heavy atom. The van der Waals surface area contributed by atoms with E-state index in [0.717, 1.165) is 0 Å². The quantitative estimate of drug-likeness (QED) is 0.709. The van der Waals surface area contributed by atoms with Gasteiger partial charge in [0, 0.05) is 0 Å². The van der Waals surface area contributed by atoms with E-state index >= 15 is 0 Å². The number of hydrogen-bond acceptors (Lipinski definition) is 4. The minimum atomic E-state index is -0.447.